The van der Waals surface area contributed by atoms with E-state index in [0.29, 0.717) is 11.7 Å². The highest BCUT2D eigenvalue weighted by atomic mass is 32.1. The molecule has 3 N–H and O–H groups in total. The molecule has 1 amide bonds. The summed E-state index contributed by atoms with van der Waals surface area (Å²) < 4.78 is 6.92. The average molecular weight is 383 g/mol. The highest BCUT2D eigenvalue weighted by Gasteiger charge is 2.07. The summed E-state index contributed by atoms with van der Waals surface area (Å²) in [6.45, 7) is 0.808. The largest absolute Gasteiger partial charge is 0.497 e. The Bertz CT molecular complexity index is 923. The molecule has 7 nitrogen and oxygen atoms in total. The number of carbonyl (C=O) groups excluding carboxylic acids is 1. The van der Waals surface area contributed by atoms with Crippen LogP contribution in [0.3, 0.4) is 0 Å². The molecule has 0 saturated carbocycles. The summed E-state index contributed by atoms with van der Waals surface area (Å²) in [5, 5.41) is 3.43. The van der Waals surface area contributed by atoms with E-state index in [1.165, 1.54) is 5.56 Å². The van der Waals surface area contributed by atoms with Gasteiger partial charge < -0.3 is 14.6 Å². The molecule has 3 aromatic rings. The number of ether oxygens (including phenoxy) is 1. The van der Waals surface area contributed by atoms with Crippen LogP contribution in [0.25, 0.3) is 11.0 Å². The summed E-state index contributed by atoms with van der Waals surface area (Å²) in [6, 6.07) is 15.5. The first-order valence-electron chi connectivity index (χ1n) is 8.51. The van der Waals surface area contributed by atoms with Crippen LogP contribution >= 0.6 is 12.2 Å². The number of hydrogen-bond acceptors (Lipinski definition) is 4. The Morgan fingerprint density at radius 3 is 2.70 bits per heavy atom. The van der Waals surface area contributed by atoms with Gasteiger partial charge in [-0.1, -0.05) is 24.3 Å². The minimum absolute atomic E-state index is 0.155. The first kappa shape index (κ1) is 18.7. The van der Waals surface area contributed by atoms with Crippen LogP contribution in [-0.2, 0) is 17.8 Å². The SMILES string of the molecule is COc1ccc(CCNC(=S)NNC(=O)Cn2cnc3ccccc32)cc1. The topological polar surface area (TPSA) is 80.2 Å². The van der Waals surface area contributed by atoms with Crippen molar-refractivity contribution in [1.82, 2.24) is 25.7 Å². The molecule has 0 aliphatic carbocycles. The van der Waals surface area contributed by atoms with Gasteiger partial charge in [-0.15, -0.1) is 0 Å². The lowest BCUT2D eigenvalue weighted by Crippen LogP contribution is -2.48. The molecule has 0 fully saturated rings. The van der Waals surface area contributed by atoms with E-state index in [-0.39, 0.29) is 12.5 Å². The van der Waals surface area contributed by atoms with Crippen LogP contribution in [-0.4, -0.2) is 34.2 Å². The summed E-state index contributed by atoms with van der Waals surface area (Å²) in [4.78, 5) is 16.4. The number of imidazole rings is 1. The number of carbonyl (C=O) groups is 1. The third-order valence-corrected chi connectivity index (χ3v) is 4.26. The fourth-order valence-corrected chi connectivity index (χ4v) is 2.77. The number of fused-ring (bicyclic) bond motifs is 1. The summed E-state index contributed by atoms with van der Waals surface area (Å²) in [5.41, 5.74) is 8.24. The number of thiocarbonyl (C=S) groups is 1. The Labute approximate surface area is 162 Å². The van der Waals surface area contributed by atoms with Crippen LogP contribution < -0.4 is 20.9 Å². The minimum atomic E-state index is -0.211. The van der Waals surface area contributed by atoms with Gasteiger partial charge in [-0.05, 0) is 48.5 Å². The van der Waals surface area contributed by atoms with E-state index in [1.54, 1.807) is 18.0 Å². The predicted molar refractivity (Wildman–Crippen MR) is 108 cm³/mol. The molecule has 0 radical (unpaired) electrons. The molecule has 3 rings (SSSR count). The lowest BCUT2D eigenvalue weighted by atomic mass is 10.1. The Morgan fingerprint density at radius 2 is 1.93 bits per heavy atom. The van der Waals surface area contributed by atoms with Gasteiger partial charge in [-0.2, -0.15) is 0 Å². The molecule has 0 atom stereocenters. The third-order valence-electron chi connectivity index (χ3n) is 4.02. The van der Waals surface area contributed by atoms with Crippen molar-refractivity contribution >= 4 is 34.3 Å². The third kappa shape index (κ3) is 5.18. The van der Waals surface area contributed by atoms with E-state index in [9.17, 15) is 4.79 Å². The van der Waals surface area contributed by atoms with Gasteiger partial charge in [0.25, 0.3) is 5.91 Å². The zero-order valence-corrected chi connectivity index (χ0v) is 15.8. The first-order valence-corrected chi connectivity index (χ1v) is 8.92. The number of amides is 1. The second kappa shape index (κ2) is 9.00. The minimum Gasteiger partial charge on any atom is -0.497 e. The van der Waals surface area contributed by atoms with Gasteiger partial charge in [0.1, 0.15) is 12.3 Å². The molecule has 0 bridgehead atoms. The summed E-state index contributed by atoms with van der Waals surface area (Å²) >= 11 is 5.18. The van der Waals surface area contributed by atoms with Crippen LogP contribution in [0.15, 0.2) is 54.9 Å². The Hall–Kier alpha value is -3.13. The standard InChI is InChI=1S/C19H21N5O2S/c1-26-15-8-6-14(7-9-15)10-11-20-19(27)23-22-18(25)12-24-13-21-16-4-2-3-5-17(16)24/h2-9,13H,10-12H2,1H3,(H,22,25)(H2,20,23,27). The van der Waals surface area contributed by atoms with E-state index in [1.807, 2.05) is 48.5 Å². The second-order valence-electron chi connectivity index (χ2n) is 5.89. The maximum absolute atomic E-state index is 12.1. The van der Waals surface area contributed by atoms with Crippen LogP contribution in [0.5, 0.6) is 5.75 Å². The molecule has 27 heavy (non-hydrogen) atoms. The maximum Gasteiger partial charge on any atom is 0.258 e. The molecule has 0 spiro atoms. The molecule has 0 aliphatic rings. The van der Waals surface area contributed by atoms with Crippen LogP contribution in [0, 0.1) is 0 Å². The van der Waals surface area contributed by atoms with Crippen molar-refractivity contribution in [1.29, 1.82) is 0 Å². The smallest absolute Gasteiger partial charge is 0.258 e. The van der Waals surface area contributed by atoms with Gasteiger partial charge >= 0.3 is 0 Å². The van der Waals surface area contributed by atoms with Gasteiger partial charge in [0, 0.05) is 6.54 Å². The van der Waals surface area contributed by atoms with Gasteiger partial charge in [-0.3, -0.25) is 15.6 Å². The van der Waals surface area contributed by atoms with Gasteiger partial charge in [0.15, 0.2) is 5.11 Å². The maximum atomic E-state index is 12.1. The van der Waals surface area contributed by atoms with E-state index in [2.05, 4.69) is 21.2 Å². The summed E-state index contributed by atoms with van der Waals surface area (Å²) in [6.07, 6.45) is 2.45. The number of nitrogens with one attached hydrogen (secondary N) is 3. The zero-order valence-electron chi connectivity index (χ0n) is 14.9. The highest BCUT2D eigenvalue weighted by Crippen LogP contribution is 2.12. The van der Waals surface area contributed by atoms with Crippen LogP contribution in [0.1, 0.15) is 5.56 Å². The van der Waals surface area contributed by atoms with Crippen molar-refractivity contribution in [2.45, 2.75) is 13.0 Å². The first-order chi connectivity index (χ1) is 13.2. The van der Waals surface area contributed by atoms with Crippen molar-refractivity contribution in [3.05, 3.63) is 60.4 Å². The quantitative estimate of drug-likeness (QED) is 0.445. The fourth-order valence-electron chi connectivity index (χ4n) is 2.61. The van der Waals surface area contributed by atoms with E-state index in [0.717, 1.165) is 23.2 Å². The van der Waals surface area contributed by atoms with Crippen molar-refractivity contribution in [3.8, 4) is 5.75 Å². The molecule has 0 unspecified atom stereocenters. The number of benzene rings is 2. The molecule has 140 valence electrons. The van der Waals surface area contributed by atoms with E-state index in [4.69, 9.17) is 17.0 Å². The van der Waals surface area contributed by atoms with Crippen LogP contribution in [0.2, 0.25) is 0 Å². The van der Waals surface area contributed by atoms with Crippen molar-refractivity contribution in [2.75, 3.05) is 13.7 Å². The number of nitrogens with zero attached hydrogens (tertiary/aromatic N) is 2. The molecule has 1 aromatic heterocycles. The number of rotatable bonds is 6. The Morgan fingerprint density at radius 1 is 1.15 bits per heavy atom. The normalized spacial score (nSPS) is 10.4. The number of hydrazine groups is 1. The van der Waals surface area contributed by atoms with Crippen molar-refractivity contribution in [3.63, 3.8) is 0 Å². The highest BCUT2D eigenvalue weighted by molar-refractivity contribution is 7.80. The van der Waals surface area contributed by atoms with Gasteiger partial charge in [-0.25, -0.2) is 4.98 Å². The van der Waals surface area contributed by atoms with Gasteiger partial charge in [0.05, 0.1) is 24.5 Å². The molecule has 8 heteroatoms. The summed E-state index contributed by atoms with van der Waals surface area (Å²) in [5.74, 6) is 0.620. The molecular weight excluding hydrogens is 362 g/mol. The molecule has 1 heterocycles. The van der Waals surface area contributed by atoms with Crippen LogP contribution in [0.4, 0.5) is 0 Å². The molecule has 2 aromatic carbocycles. The Kier molecular flexibility index (Phi) is 6.22. The molecule has 0 saturated heterocycles. The Balaban J connectivity index is 1.38. The number of hydrogen-bond donors (Lipinski definition) is 3. The lowest BCUT2D eigenvalue weighted by Gasteiger charge is -2.12. The summed E-state index contributed by atoms with van der Waals surface area (Å²) in [7, 11) is 1.64. The van der Waals surface area contributed by atoms with Crippen molar-refractivity contribution < 1.29 is 9.53 Å². The number of para-hydroxylation sites is 2. The monoisotopic (exact) mass is 383 g/mol. The number of methoxy groups -OCH3 is 1. The zero-order chi connectivity index (χ0) is 19.1. The number of aromatic nitrogens is 2. The molecule has 0 aliphatic heterocycles. The second-order valence-corrected chi connectivity index (χ2v) is 6.30. The lowest BCUT2D eigenvalue weighted by molar-refractivity contribution is -0.122. The van der Waals surface area contributed by atoms with Crippen molar-refractivity contribution in [2.24, 2.45) is 0 Å². The molecular formula is C19H21N5O2S. The van der Waals surface area contributed by atoms with E-state index < -0.39 is 0 Å². The van der Waals surface area contributed by atoms with Gasteiger partial charge in [0.2, 0.25) is 0 Å². The fraction of sp³-hybridized carbons (Fsp3) is 0.211. The predicted octanol–water partition coefficient (Wildman–Crippen LogP) is 1.78. The van der Waals surface area contributed by atoms with E-state index >= 15 is 0 Å². The average Bonchev–Trinajstić information content (AvgIpc) is 3.10.